The van der Waals surface area contributed by atoms with Crippen LogP contribution < -0.4 is 10.6 Å². The van der Waals surface area contributed by atoms with Crippen LogP contribution in [0.4, 0.5) is 9.18 Å². The molecular weight excluding hydrogens is 395 g/mol. The Kier molecular flexibility index (Phi) is 7.73. The van der Waals surface area contributed by atoms with Crippen molar-refractivity contribution in [1.29, 1.82) is 0 Å². The number of hydrogen-bond donors (Lipinski definition) is 2. The monoisotopic (exact) mass is 414 g/mol. The Labute approximate surface area is 164 Å². The zero-order valence-electron chi connectivity index (χ0n) is 14.3. The summed E-state index contributed by atoms with van der Waals surface area (Å²) in [5.41, 5.74) is 0.647. The average molecular weight is 415 g/mol. The average Bonchev–Trinajstić information content (AvgIpc) is 2.94. The highest BCUT2D eigenvalue weighted by atomic mass is 32.2. The molecule has 0 aliphatic heterocycles. The van der Waals surface area contributed by atoms with Gasteiger partial charge in [-0.2, -0.15) is 0 Å². The third-order valence-corrected chi connectivity index (χ3v) is 5.55. The molecule has 6 nitrogen and oxygen atoms in total. The first-order chi connectivity index (χ1) is 12.3. The van der Waals surface area contributed by atoms with Gasteiger partial charge in [-0.25, -0.2) is 13.9 Å². The second-order valence-electron chi connectivity index (χ2n) is 5.80. The number of thioether (sulfide) groups is 1. The van der Waals surface area contributed by atoms with Gasteiger partial charge in [-0.3, -0.25) is 10.1 Å². The fourth-order valence-corrected chi connectivity index (χ4v) is 4.03. The lowest BCUT2D eigenvalue weighted by Crippen LogP contribution is -2.40. The minimum absolute atomic E-state index is 0.0449. The second-order valence-corrected chi connectivity index (χ2v) is 8.64. The number of amides is 3. The topological polar surface area (TPSA) is 76.0 Å². The van der Waals surface area contributed by atoms with E-state index in [1.165, 1.54) is 39.9 Å². The molecule has 0 bridgehead atoms. The summed E-state index contributed by atoms with van der Waals surface area (Å²) in [5, 5.41) is 9.23. The SMILES string of the molecule is CC(C)CCNC(=O)NC(=O)CSc1nn(-c2ccc(F)cc2)c(=S)s1. The number of hydrogen-bond acceptors (Lipinski definition) is 6. The summed E-state index contributed by atoms with van der Waals surface area (Å²) in [6.45, 7) is 4.63. The van der Waals surface area contributed by atoms with Gasteiger partial charge in [-0.15, -0.1) is 5.10 Å². The van der Waals surface area contributed by atoms with Crippen molar-refractivity contribution in [3.63, 3.8) is 0 Å². The molecule has 0 unspecified atom stereocenters. The highest BCUT2D eigenvalue weighted by Crippen LogP contribution is 2.24. The molecule has 2 N–H and O–H groups in total. The third kappa shape index (κ3) is 6.50. The zero-order valence-corrected chi connectivity index (χ0v) is 16.8. The largest absolute Gasteiger partial charge is 0.338 e. The molecule has 0 saturated heterocycles. The Balaban J connectivity index is 1.85. The van der Waals surface area contributed by atoms with Crippen molar-refractivity contribution in [2.75, 3.05) is 12.3 Å². The lowest BCUT2D eigenvalue weighted by atomic mass is 10.1. The van der Waals surface area contributed by atoms with Crippen LogP contribution in [0, 0.1) is 15.7 Å². The van der Waals surface area contributed by atoms with Crippen LogP contribution in [-0.4, -0.2) is 34.0 Å². The van der Waals surface area contributed by atoms with Gasteiger partial charge in [0.2, 0.25) is 5.91 Å². The van der Waals surface area contributed by atoms with E-state index in [2.05, 4.69) is 29.6 Å². The number of halogens is 1. The van der Waals surface area contributed by atoms with Gasteiger partial charge in [0.1, 0.15) is 5.82 Å². The predicted octanol–water partition coefficient (Wildman–Crippen LogP) is 3.77. The number of rotatable bonds is 7. The molecule has 0 saturated carbocycles. The normalized spacial score (nSPS) is 10.8. The standard InChI is InChI=1S/C16H19FN4O2S3/c1-10(2)7-8-18-14(23)19-13(22)9-25-15-20-21(16(24)26-15)12-5-3-11(17)4-6-12/h3-6,10H,7-9H2,1-2H3,(H2,18,19,22,23). The molecule has 10 heteroatoms. The maximum Gasteiger partial charge on any atom is 0.321 e. The lowest BCUT2D eigenvalue weighted by Gasteiger charge is -2.07. The number of carbonyl (C=O) groups excluding carboxylic acids is 2. The number of carbonyl (C=O) groups is 2. The molecular formula is C16H19FN4O2S3. The summed E-state index contributed by atoms with van der Waals surface area (Å²) in [7, 11) is 0. The molecule has 1 aromatic heterocycles. The number of imide groups is 1. The Hall–Kier alpha value is -1.78. The van der Waals surface area contributed by atoms with Crippen molar-refractivity contribution in [2.45, 2.75) is 24.6 Å². The van der Waals surface area contributed by atoms with Gasteiger partial charge in [-0.1, -0.05) is 36.9 Å². The van der Waals surface area contributed by atoms with Crippen molar-refractivity contribution < 1.29 is 14.0 Å². The van der Waals surface area contributed by atoms with E-state index in [9.17, 15) is 14.0 Å². The van der Waals surface area contributed by atoms with Crippen LogP contribution in [0.15, 0.2) is 28.6 Å². The molecule has 0 aliphatic rings. The van der Waals surface area contributed by atoms with E-state index in [1.54, 1.807) is 12.1 Å². The summed E-state index contributed by atoms with van der Waals surface area (Å²) in [5.74, 6) is -0.227. The van der Waals surface area contributed by atoms with Crippen LogP contribution in [-0.2, 0) is 4.79 Å². The maximum absolute atomic E-state index is 13.0. The smallest absolute Gasteiger partial charge is 0.321 e. The Morgan fingerprint density at radius 3 is 2.69 bits per heavy atom. The van der Waals surface area contributed by atoms with Crippen LogP contribution in [0.25, 0.3) is 5.69 Å². The van der Waals surface area contributed by atoms with Gasteiger partial charge in [0.25, 0.3) is 0 Å². The lowest BCUT2D eigenvalue weighted by molar-refractivity contribution is -0.117. The molecule has 0 fully saturated rings. The van der Waals surface area contributed by atoms with E-state index in [-0.39, 0.29) is 11.6 Å². The van der Waals surface area contributed by atoms with E-state index in [1.807, 2.05) is 0 Å². The van der Waals surface area contributed by atoms with Crippen molar-refractivity contribution >= 4 is 47.3 Å². The Bertz CT molecular complexity index is 818. The summed E-state index contributed by atoms with van der Waals surface area (Å²) < 4.78 is 15.6. The van der Waals surface area contributed by atoms with Crippen molar-refractivity contribution in [1.82, 2.24) is 20.4 Å². The molecule has 0 aliphatic carbocycles. The fraction of sp³-hybridized carbons (Fsp3) is 0.375. The predicted molar refractivity (Wildman–Crippen MR) is 104 cm³/mol. The van der Waals surface area contributed by atoms with Crippen LogP contribution >= 0.6 is 35.3 Å². The van der Waals surface area contributed by atoms with Gasteiger partial charge in [0.15, 0.2) is 8.29 Å². The minimum Gasteiger partial charge on any atom is -0.338 e. The van der Waals surface area contributed by atoms with E-state index in [0.29, 0.717) is 26.4 Å². The first-order valence-electron chi connectivity index (χ1n) is 7.91. The number of aromatic nitrogens is 2. The molecule has 140 valence electrons. The maximum atomic E-state index is 13.0. The summed E-state index contributed by atoms with van der Waals surface area (Å²) in [4.78, 5) is 23.4. The number of nitrogens with zero attached hydrogens (tertiary/aromatic N) is 2. The number of nitrogens with one attached hydrogen (secondary N) is 2. The quantitative estimate of drug-likeness (QED) is 0.533. The van der Waals surface area contributed by atoms with Crippen molar-refractivity contribution in [3.8, 4) is 5.69 Å². The van der Waals surface area contributed by atoms with E-state index < -0.39 is 11.9 Å². The first kappa shape index (κ1) is 20.5. The minimum atomic E-state index is -0.499. The molecule has 1 heterocycles. The van der Waals surface area contributed by atoms with Gasteiger partial charge < -0.3 is 5.32 Å². The molecule has 26 heavy (non-hydrogen) atoms. The molecule has 0 spiro atoms. The van der Waals surface area contributed by atoms with Gasteiger partial charge in [-0.05, 0) is 48.8 Å². The van der Waals surface area contributed by atoms with Crippen molar-refractivity contribution in [3.05, 3.63) is 34.0 Å². The van der Waals surface area contributed by atoms with Crippen LogP contribution in [0.3, 0.4) is 0 Å². The number of benzene rings is 1. The third-order valence-electron chi connectivity index (χ3n) is 3.19. The zero-order chi connectivity index (χ0) is 19.1. The summed E-state index contributed by atoms with van der Waals surface area (Å²) >= 11 is 7.69. The van der Waals surface area contributed by atoms with E-state index in [0.717, 1.165) is 6.42 Å². The second kappa shape index (κ2) is 9.79. The molecule has 1 aromatic carbocycles. The molecule has 0 atom stereocenters. The summed E-state index contributed by atoms with van der Waals surface area (Å²) in [6, 6.07) is 5.31. The van der Waals surface area contributed by atoms with Crippen molar-refractivity contribution in [2.24, 2.45) is 5.92 Å². The Morgan fingerprint density at radius 1 is 1.35 bits per heavy atom. The van der Waals surface area contributed by atoms with Crippen LogP contribution in [0.2, 0.25) is 0 Å². The highest BCUT2D eigenvalue weighted by molar-refractivity contribution is 8.01. The molecule has 2 aromatic rings. The van der Waals surface area contributed by atoms with E-state index >= 15 is 0 Å². The number of urea groups is 1. The molecule has 2 rings (SSSR count). The molecule has 0 radical (unpaired) electrons. The molecule has 3 amide bonds. The fourth-order valence-electron chi connectivity index (χ4n) is 1.87. The van der Waals surface area contributed by atoms with Gasteiger partial charge in [0, 0.05) is 6.54 Å². The highest BCUT2D eigenvalue weighted by Gasteiger charge is 2.11. The van der Waals surface area contributed by atoms with Gasteiger partial charge in [0.05, 0.1) is 11.4 Å². The van der Waals surface area contributed by atoms with Crippen LogP contribution in [0.1, 0.15) is 20.3 Å². The van der Waals surface area contributed by atoms with Gasteiger partial charge >= 0.3 is 6.03 Å². The van der Waals surface area contributed by atoms with Crippen LogP contribution in [0.5, 0.6) is 0 Å². The Morgan fingerprint density at radius 2 is 2.04 bits per heavy atom. The first-order valence-corrected chi connectivity index (χ1v) is 10.1. The van der Waals surface area contributed by atoms with E-state index in [4.69, 9.17) is 12.2 Å². The summed E-state index contributed by atoms with van der Waals surface area (Å²) in [6.07, 6.45) is 0.848.